The quantitative estimate of drug-likeness (QED) is 0.178. The number of thiophene rings is 1. The molecule has 11 aromatic rings. The summed E-state index contributed by atoms with van der Waals surface area (Å²) >= 11 is 1.88. The van der Waals surface area contributed by atoms with Crippen molar-refractivity contribution in [2.24, 2.45) is 0 Å². The molecule has 4 heteroatoms. The van der Waals surface area contributed by atoms with Gasteiger partial charge < -0.3 is 0 Å². The van der Waals surface area contributed by atoms with Gasteiger partial charge in [-0.2, -0.15) is 0 Å². The van der Waals surface area contributed by atoms with Gasteiger partial charge in [-0.25, -0.2) is 9.97 Å². The highest BCUT2D eigenvalue weighted by Crippen LogP contribution is 2.49. The number of benzene rings is 8. The largest absolute Gasteiger partial charge is 0.278 e. The van der Waals surface area contributed by atoms with E-state index in [1.807, 2.05) is 23.5 Å². The first-order chi connectivity index (χ1) is 26.8. The number of fused-ring (bicyclic) bond motifs is 9. The summed E-state index contributed by atoms with van der Waals surface area (Å²) in [6, 6.07) is 67.1. The molecule has 0 spiro atoms. The van der Waals surface area contributed by atoms with E-state index in [1.165, 1.54) is 64.0 Å². The lowest BCUT2D eigenvalue weighted by Crippen LogP contribution is -2.04. The first-order valence-electron chi connectivity index (χ1n) is 18.2. The summed E-state index contributed by atoms with van der Waals surface area (Å²) in [4.78, 5) is 10.7. The normalized spacial score (nSPS) is 11.7. The number of aromatic nitrogens is 3. The Bertz CT molecular complexity index is 3120. The minimum absolute atomic E-state index is 0.651. The molecule has 0 saturated heterocycles. The van der Waals surface area contributed by atoms with Gasteiger partial charge in [0.25, 0.3) is 0 Å². The first-order valence-corrected chi connectivity index (χ1v) is 19.1. The Balaban J connectivity index is 1.27. The third-order valence-electron chi connectivity index (χ3n) is 10.6. The van der Waals surface area contributed by atoms with Crippen molar-refractivity contribution in [3.63, 3.8) is 0 Å². The number of rotatable bonds is 5. The van der Waals surface area contributed by atoms with E-state index < -0.39 is 0 Å². The molecule has 252 valence electrons. The highest BCUT2D eigenvalue weighted by atomic mass is 32.1. The summed E-state index contributed by atoms with van der Waals surface area (Å²) in [7, 11) is 0. The van der Waals surface area contributed by atoms with Crippen LogP contribution >= 0.6 is 11.3 Å². The molecule has 0 amide bonds. The second-order valence-corrected chi connectivity index (χ2v) is 14.8. The molecule has 3 aromatic heterocycles. The van der Waals surface area contributed by atoms with Gasteiger partial charge in [0.1, 0.15) is 0 Å². The summed E-state index contributed by atoms with van der Waals surface area (Å²) in [5.41, 5.74) is 10.8. The molecule has 0 N–H and O–H groups in total. The van der Waals surface area contributed by atoms with Gasteiger partial charge in [0.05, 0.1) is 22.4 Å². The van der Waals surface area contributed by atoms with Gasteiger partial charge >= 0.3 is 0 Å². The van der Waals surface area contributed by atoms with Crippen LogP contribution in [0, 0.1) is 0 Å². The minimum Gasteiger partial charge on any atom is -0.278 e. The molecular weight excluding hydrogens is 675 g/mol. The maximum Gasteiger partial charge on any atom is 0.235 e. The fourth-order valence-electron chi connectivity index (χ4n) is 8.11. The van der Waals surface area contributed by atoms with E-state index in [2.05, 4.69) is 180 Å². The zero-order chi connectivity index (χ0) is 35.6. The van der Waals surface area contributed by atoms with Crippen LogP contribution in [0.1, 0.15) is 0 Å². The molecule has 11 rings (SSSR count). The zero-order valence-electron chi connectivity index (χ0n) is 29.1. The number of hydrogen-bond acceptors (Lipinski definition) is 3. The van der Waals surface area contributed by atoms with Crippen LogP contribution < -0.4 is 0 Å². The van der Waals surface area contributed by atoms with Crippen LogP contribution in [-0.4, -0.2) is 14.5 Å². The van der Waals surface area contributed by atoms with Crippen molar-refractivity contribution in [2.75, 3.05) is 0 Å². The second-order valence-electron chi connectivity index (χ2n) is 13.8. The molecule has 0 bridgehead atoms. The average Bonchev–Trinajstić information content (AvgIpc) is 3.81. The van der Waals surface area contributed by atoms with Crippen molar-refractivity contribution in [3.05, 3.63) is 188 Å². The van der Waals surface area contributed by atoms with Crippen LogP contribution in [0.5, 0.6) is 0 Å². The van der Waals surface area contributed by atoms with Crippen LogP contribution in [0.3, 0.4) is 0 Å². The van der Waals surface area contributed by atoms with Crippen molar-refractivity contribution in [2.45, 2.75) is 0 Å². The first kappa shape index (κ1) is 30.7. The highest BCUT2D eigenvalue weighted by Gasteiger charge is 2.23. The minimum atomic E-state index is 0.651. The lowest BCUT2D eigenvalue weighted by molar-refractivity contribution is 0.996. The number of nitrogens with zero attached hydrogens (tertiary/aromatic N) is 3. The Morgan fingerprint density at radius 2 is 0.944 bits per heavy atom. The fourth-order valence-corrected chi connectivity index (χ4v) is 9.41. The predicted molar refractivity (Wildman–Crippen MR) is 229 cm³/mol. The lowest BCUT2D eigenvalue weighted by atomic mass is 9.94. The zero-order valence-corrected chi connectivity index (χ0v) is 30.0. The summed E-state index contributed by atoms with van der Waals surface area (Å²) in [5.74, 6) is 0.651. The molecule has 0 unspecified atom stereocenters. The van der Waals surface area contributed by atoms with Gasteiger partial charge in [0.15, 0.2) is 0 Å². The van der Waals surface area contributed by atoms with Crippen molar-refractivity contribution in [1.29, 1.82) is 0 Å². The number of hydrogen-bond donors (Lipinski definition) is 0. The Kier molecular flexibility index (Phi) is 7.04. The van der Waals surface area contributed by atoms with Crippen LogP contribution in [-0.2, 0) is 0 Å². The Labute approximate surface area is 316 Å². The van der Waals surface area contributed by atoms with E-state index in [4.69, 9.17) is 9.97 Å². The van der Waals surface area contributed by atoms with E-state index in [9.17, 15) is 0 Å². The summed E-state index contributed by atoms with van der Waals surface area (Å²) in [6.07, 6.45) is 0. The number of para-hydroxylation sites is 1. The topological polar surface area (TPSA) is 30.7 Å². The average molecular weight is 706 g/mol. The molecule has 0 saturated carbocycles. The van der Waals surface area contributed by atoms with Gasteiger partial charge in [-0.3, -0.25) is 4.57 Å². The van der Waals surface area contributed by atoms with Crippen molar-refractivity contribution >= 4 is 64.1 Å². The summed E-state index contributed by atoms with van der Waals surface area (Å²) < 4.78 is 4.84. The van der Waals surface area contributed by atoms with Gasteiger partial charge in [-0.15, -0.1) is 11.3 Å². The maximum atomic E-state index is 5.34. The Hall–Kier alpha value is -6.88. The second kappa shape index (κ2) is 12.4. The van der Waals surface area contributed by atoms with Gasteiger partial charge in [-0.1, -0.05) is 164 Å². The molecule has 0 fully saturated rings. The van der Waals surface area contributed by atoms with Gasteiger partial charge in [-0.05, 0) is 57.3 Å². The standard InChI is InChI=1S/C50H31N3S/c1-4-14-32(15-5-1)33-24-26-35(27-25-33)40-30-44-46(49-48(40)47-38-21-11-10-16-34(38)28-29-45(47)54-49)39-22-12-13-23-43(39)53(44)50-51-41(36-17-6-2-7-18-36)31-42(52-50)37-19-8-3-9-20-37/h1-31H. The van der Waals surface area contributed by atoms with Gasteiger partial charge in [0.2, 0.25) is 5.95 Å². The van der Waals surface area contributed by atoms with Crippen LogP contribution in [0.2, 0.25) is 0 Å². The van der Waals surface area contributed by atoms with Crippen molar-refractivity contribution in [3.8, 4) is 50.7 Å². The fraction of sp³-hybridized carbons (Fsp3) is 0. The monoisotopic (exact) mass is 705 g/mol. The maximum absolute atomic E-state index is 5.34. The van der Waals surface area contributed by atoms with Crippen molar-refractivity contribution in [1.82, 2.24) is 14.5 Å². The van der Waals surface area contributed by atoms with E-state index in [-0.39, 0.29) is 0 Å². The molecule has 0 aliphatic rings. The summed E-state index contributed by atoms with van der Waals surface area (Å²) in [5, 5.41) is 7.54. The highest BCUT2D eigenvalue weighted by molar-refractivity contribution is 7.27. The molecule has 54 heavy (non-hydrogen) atoms. The smallest absolute Gasteiger partial charge is 0.235 e. The van der Waals surface area contributed by atoms with Crippen LogP contribution in [0.25, 0.3) is 103 Å². The van der Waals surface area contributed by atoms with Crippen LogP contribution in [0.4, 0.5) is 0 Å². The molecule has 0 aliphatic carbocycles. The molecule has 0 aliphatic heterocycles. The van der Waals surface area contributed by atoms with Gasteiger partial charge in [0, 0.05) is 42.1 Å². The molecule has 8 aromatic carbocycles. The van der Waals surface area contributed by atoms with E-state index in [1.54, 1.807) is 0 Å². The molecule has 3 heterocycles. The lowest BCUT2D eigenvalue weighted by Gasteiger charge is -2.13. The summed E-state index contributed by atoms with van der Waals surface area (Å²) in [6.45, 7) is 0. The predicted octanol–water partition coefficient (Wildman–Crippen LogP) is 13.8. The van der Waals surface area contributed by atoms with Crippen LogP contribution in [0.15, 0.2) is 188 Å². The SMILES string of the molecule is c1ccc(-c2ccc(-c3cc4c(c5ccccc5n4-c4nc(-c5ccccc5)cc(-c5ccccc5)n4)c4sc5ccc6ccccc6c5c34)cc2)cc1. The van der Waals surface area contributed by atoms with E-state index in [0.717, 1.165) is 33.5 Å². The molecular formula is C50H31N3S. The van der Waals surface area contributed by atoms with E-state index in [0.29, 0.717) is 5.95 Å². The van der Waals surface area contributed by atoms with E-state index >= 15 is 0 Å². The Morgan fingerprint density at radius 1 is 0.389 bits per heavy atom. The third kappa shape index (κ3) is 4.88. The van der Waals surface area contributed by atoms with Crippen molar-refractivity contribution < 1.29 is 0 Å². The molecule has 3 nitrogen and oxygen atoms in total. The Morgan fingerprint density at radius 3 is 1.63 bits per heavy atom. The molecule has 0 radical (unpaired) electrons. The molecule has 0 atom stereocenters. The third-order valence-corrected chi connectivity index (χ3v) is 11.8.